The van der Waals surface area contributed by atoms with Crippen molar-refractivity contribution >= 4 is 17.3 Å². The van der Waals surface area contributed by atoms with Gasteiger partial charge in [-0.1, -0.05) is 12.6 Å². The molecule has 1 aromatic heterocycles. The minimum Gasteiger partial charge on any atom is -0.463 e. The van der Waals surface area contributed by atoms with Crippen molar-refractivity contribution in [1.82, 2.24) is 5.32 Å². The van der Waals surface area contributed by atoms with Crippen molar-refractivity contribution < 1.29 is 9.53 Å². The summed E-state index contributed by atoms with van der Waals surface area (Å²) in [6, 6.07) is 4.05. The molecule has 4 heteroatoms. The molecule has 0 bridgehead atoms. The molecule has 1 N–H and O–H groups in total. The van der Waals surface area contributed by atoms with E-state index in [1.807, 2.05) is 17.5 Å². The van der Waals surface area contributed by atoms with Crippen LogP contribution in [0.5, 0.6) is 0 Å². The number of carbonyl (C=O) groups excluding carboxylic acids is 1. The average Bonchev–Trinajstić information content (AvgIpc) is 2.71. The van der Waals surface area contributed by atoms with Gasteiger partial charge < -0.3 is 10.1 Å². The highest BCUT2D eigenvalue weighted by molar-refractivity contribution is 7.09. The van der Waals surface area contributed by atoms with E-state index in [4.69, 9.17) is 4.74 Å². The number of hydrogen-bond acceptors (Lipinski definition) is 4. The molecule has 0 unspecified atom stereocenters. The van der Waals surface area contributed by atoms with E-state index in [0.29, 0.717) is 18.7 Å². The van der Waals surface area contributed by atoms with Crippen molar-refractivity contribution in [3.8, 4) is 0 Å². The third-order valence-corrected chi connectivity index (χ3v) is 2.66. The first-order valence-electron chi connectivity index (χ1n) is 4.82. The lowest BCUT2D eigenvalue weighted by atomic mass is 10.3. The smallest absolute Gasteiger partial charge is 0.334 e. The number of thiophene rings is 1. The third kappa shape index (κ3) is 4.27. The van der Waals surface area contributed by atoms with Crippen molar-refractivity contribution in [2.24, 2.45) is 0 Å². The van der Waals surface area contributed by atoms with Crippen LogP contribution in [-0.4, -0.2) is 19.1 Å². The molecule has 1 heterocycles. The Labute approximate surface area is 93.8 Å². The zero-order chi connectivity index (χ0) is 11.1. The minimum absolute atomic E-state index is 0.323. The fourth-order valence-corrected chi connectivity index (χ4v) is 1.73. The Morgan fingerprint density at radius 1 is 1.67 bits per heavy atom. The van der Waals surface area contributed by atoms with Gasteiger partial charge >= 0.3 is 5.97 Å². The summed E-state index contributed by atoms with van der Waals surface area (Å²) < 4.78 is 4.82. The van der Waals surface area contributed by atoms with Gasteiger partial charge in [0.2, 0.25) is 0 Å². The Kier molecular flexibility index (Phi) is 5.07. The van der Waals surface area contributed by atoms with Gasteiger partial charge in [0.25, 0.3) is 0 Å². The number of rotatable bonds is 6. The summed E-state index contributed by atoms with van der Waals surface area (Å²) in [5.74, 6) is -0.323. The summed E-state index contributed by atoms with van der Waals surface area (Å²) in [5, 5.41) is 5.16. The largest absolute Gasteiger partial charge is 0.463 e. The van der Waals surface area contributed by atoms with Crippen LogP contribution in [-0.2, 0) is 16.1 Å². The quantitative estimate of drug-likeness (QED) is 0.594. The van der Waals surface area contributed by atoms with Crippen LogP contribution in [0.3, 0.4) is 0 Å². The third-order valence-electron chi connectivity index (χ3n) is 1.78. The molecule has 0 saturated carbocycles. The minimum atomic E-state index is -0.323. The van der Waals surface area contributed by atoms with Crippen LogP contribution in [0.15, 0.2) is 29.7 Å². The van der Waals surface area contributed by atoms with E-state index >= 15 is 0 Å². The lowest BCUT2D eigenvalue weighted by Gasteiger charge is -2.05. The van der Waals surface area contributed by atoms with Gasteiger partial charge in [-0.25, -0.2) is 4.79 Å². The van der Waals surface area contributed by atoms with E-state index in [9.17, 15) is 4.79 Å². The van der Waals surface area contributed by atoms with E-state index in [1.165, 1.54) is 4.88 Å². The Bertz CT molecular complexity index is 319. The fourth-order valence-electron chi connectivity index (χ4n) is 1.06. The first kappa shape index (κ1) is 11.9. The van der Waals surface area contributed by atoms with E-state index in [-0.39, 0.29) is 5.97 Å². The van der Waals surface area contributed by atoms with E-state index in [2.05, 4.69) is 11.9 Å². The molecule has 0 saturated heterocycles. The van der Waals surface area contributed by atoms with Crippen LogP contribution in [0.2, 0.25) is 0 Å². The Hall–Kier alpha value is -1.13. The molecule has 0 aliphatic heterocycles. The number of nitrogens with one attached hydrogen (secondary N) is 1. The van der Waals surface area contributed by atoms with Gasteiger partial charge in [-0.2, -0.15) is 0 Å². The SMILES string of the molecule is C=C(CNCc1cccs1)C(=O)OCC. The van der Waals surface area contributed by atoms with Crippen molar-refractivity contribution in [2.45, 2.75) is 13.5 Å². The molecule has 0 radical (unpaired) electrons. The van der Waals surface area contributed by atoms with E-state index < -0.39 is 0 Å². The van der Waals surface area contributed by atoms with Gasteiger partial charge in [0.1, 0.15) is 0 Å². The van der Waals surface area contributed by atoms with E-state index in [1.54, 1.807) is 18.3 Å². The summed E-state index contributed by atoms with van der Waals surface area (Å²) in [4.78, 5) is 12.4. The van der Waals surface area contributed by atoms with E-state index in [0.717, 1.165) is 6.54 Å². The molecule has 0 aliphatic carbocycles. The molecule has 0 aromatic carbocycles. The fraction of sp³-hybridized carbons (Fsp3) is 0.364. The van der Waals surface area contributed by atoms with Crippen molar-refractivity contribution in [3.05, 3.63) is 34.5 Å². The number of esters is 1. The summed E-state index contributed by atoms with van der Waals surface area (Å²) >= 11 is 1.68. The summed E-state index contributed by atoms with van der Waals surface area (Å²) in [6.45, 7) is 7.06. The maximum Gasteiger partial charge on any atom is 0.334 e. The predicted octanol–water partition coefficient (Wildman–Crippen LogP) is 1.96. The van der Waals surface area contributed by atoms with Gasteiger partial charge in [0, 0.05) is 23.5 Å². The van der Waals surface area contributed by atoms with Gasteiger partial charge in [0.05, 0.1) is 6.61 Å². The Morgan fingerprint density at radius 2 is 2.47 bits per heavy atom. The van der Waals surface area contributed by atoms with Crippen LogP contribution < -0.4 is 5.32 Å². The van der Waals surface area contributed by atoms with Crippen molar-refractivity contribution in [3.63, 3.8) is 0 Å². The Morgan fingerprint density at radius 3 is 3.07 bits per heavy atom. The predicted molar refractivity (Wildman–Crippen MR) is 61.8 cm³/mol. The zero-order valence-corrected chi connectivity index (χ0v) is 9.60. The highest BCUT2D eigenvalue weighted by atomic mass is 32.1. The standard InChI is InChI=1S/C11H15NO2S/c1-3-14-11(13)9(2)7-12-8-10-5-4-6-15-10/h4-6,12H,2-3,7-8H2,1H3. The van der Waals surface area contributed by atoms with Gasteiger partial charge in [0.15, 0.2) is 0 Å². The van der Waals surface area contributed by atoms with Crippen molar-refractivity contribution in [1.29, 1.82) is 0 Å². The second-order valence-electron chi connectivity index (χ2n) is 3.01. The summed E-state index contributed by atoms with van der Waals surface area (Å²) in [6.07, 6.45) is 0. The molecule has 0 spiro atoms. The summed E-state index contributed by atoms with van der Waals surface area (Å²) in [7, 11) is 0. The second kappa shape index (κ2) is 6.37. The maximum atomic E-state index is 11.2. The first-order valence-corrected chi connectivity index (χ1v) is 5.70. The molecule has 0 fully saturated rings. The monoisotopic (exact) mass is 225 g/mol. The lowest BCUT2D eigenvalue weighted by Crippen LogP contribution is -2.21. The topological polar surface area (TPSA) is 38.3 Å². The van der Waals surface area contributed by atoms with Crippen LogP contribution >= 0.6 is 11.3 Å². The lowest BCUT2D eigenvalue weighted by molar-refractivity contribution is -0.138. The molecule has 15 heavy (non-hydrogen) atoms. The maximum absolute atomic E-state index is 11.2. The zero-order valence-electron chi connectivity index (χ0n) is 8.79. The first-order chi connectivity index (χ1) is 7.24. The van der Waals surface area contributed by atoms with Gasteiger partial charge in [-0.05, 0) is 18.4 Å². The molecule has 1 rings (SSSR count). The molecule has 3 nitrogen and oxygen atoms in total. The number of hydrogen-bond donors (Lipinski definition) is 1. The molecular formula is C11H15NO2S. The van der Waals surface area contributed by atoms with Crippen molar-refractivity contribution in [2.75, 3.05) is 13.2 Å². The molecule has 0 aliphatic rings. The summed E-state index contributed by atoms with van der Waals surface area (Å²) in [5.41, 5.74) is 0.466. The average molecular weight is 225 g/mol. The highest BCUT2D eigenvalue weighted by Crippen LogP contribution is 2.07. The molecule has 82 valence electrons. The number of ether oxygens (including phenoxy) is 1. The van der Waals surface area contributed by atoms with Crippen LogP contribution in [0, 0.1) is 0 Å². The van der Waals surface area contributed by atoms with Gasteiger partial charge in [-0.3, -0.25) is 0 Å². The normalized spacial score (nSPS) is 9.93. The number of carbonyl (C=O) groups is 1. The van der Waals surface area contributed by atoms with Crippen LogP contribution in [0.4, 0.5) is 0 Å². The van der Waals surface area contributed by atoms with Gasteiger partial charge in [-0.15, -0.1) is 11.3 Å². The van der Waals surface area contributed by atoms with Crippen LogP contribution in [0.25, 0.3) is 0 Å². The second-order valence-corrected chi connectivity index (χ2v) is 4.04. The molecular weight excluding hydrogens is 210 g/mol. The molecule has 0 atom stereocenters. The highest BCUT2D eigenvalue weighted by Gasteiger charge is 2.06. The van der Waals surface area contributed by atoms with Crippen LogP contribution in [0.1, 0.15) is 11.8 Å². The molecule has 0 amide bonds. The molecule has 1 aromatic rings. The Balaban J connectivity index is 2.20.